The van der Waals surface area contributed by atoms with E-state index in [2.05, 4.69) is 4.72 Å². The highest BCUT2D eigenvalue weighted by Crippen LogP contribution is 2.43. The number of hydrogen-bond donors (Lipinski definition) is 1. The average Bonchev–Trinajstić information content (AvgIpc) is 3.66. The predicted molar refractivity (Wildman–Crippen MR) is 109 cm³/mol. The van der Waals surface area contributed by atoms with Gasteiger partial charge in [0.15, 0.2) is 11.6 Å². The fraction of sp³-hybridized carbons (Fsp3) is 0.364. The Balaban J connectivity index is 1.41. The maximum Gasteiger partial charge on any atom is 0.311 e. The van der Waals surface area contributed by atoms with Crippen LogP contribution in [0.5, 0.6) is 5.75 Å². The highest BCUT2D eigenvalue weighted by molar-refractivity contribution is 7.88. The summed E-state index contributed by atoms with van der Waals surface area (Å²) in [7, 11) is -4.47. The zero-order valence-electron chi connectivity index (χ0n) is 16.6. The number of carbonyl (C=O) groups is 2. The molecule has 1 aliphatic heterocycles. The van der Waals surface area contributed by atoms with Gasteiger partial charge < -0.3 is 4.74 Å². The van der Waals surface area contributed by atoms with Crippen molar-refractivity contribution in [2.75, 3.05) is 6.61 Å². The Bertz CT molecular complexity index is 1140. The van der Waals surface area contributed by atoms with E-state index < -0.39 is 33.9 Å². The summed E-state index contributed by atoms with van der Waals surface area (Å²) in [6, 6.07) is 9.56. The lowest BCUT2D eigenvalue weighted by molar-refractivity contribution is 0.0763. The van der Waals surface area contributed by atoms with Gasteiger partial charge in [0.2, 0.25) is 0 Å². The molecule has 1 N–H and O–H groups in total. The van der Waals surface area contributed by atoms with Gasteiger partial charge in [-0.1, -0.05) is 18.2 Å². The summed E-state index contributed by atoms with van der Waals surface area (Å²) >= 11 is 0. The van der Waals surface area contributed by atoms with Crippen LogP contribution in [0.25, 0.3) is 0 Å². The fourth-order valence-electron chi connectivity index (χ4n) is 3.78. The molecule has 2 aromatic carbocycles. The zero-order chi connectivity index (χ0) is 21.8. The van der Waals surface area contributed by atoms with Crippen molar-refractivity contribution in [1.29, 1.82) is 0 Å². The van der Waals surface area contributed by atoms with Crippen molar-refractivity contribution in [2.45, 2.75) is 31.7 Å². The highest BCUT2D eigenvalue weighted by atomic mass is 32.2. The number of amides is 2. The average molecular weight is 444 g/mol. The van der Waals surface area contributed by atoms with Crippen molar-refractivity contribution in [1.82, 2.24) is 9.03 Å². The van der Waals surface area contributed by atoms with Crippen LogP contribution in [0.15, 0.2) is 42.5 Å². The Morgan fingerprint density at radius 3 is 2.26 bits per heavy atom. The van der Waals surface area contributed by atoms with E-state index in [1.165, 1.54) is 30.3 Å². The maximum absolute atomic E-state index is 14.2. The zero-order valence-corrected chi connectivity index (χ0v) is 17.4. The predicted octanol–water partition coefficient (Wildman–Crippen LogP) is 3.20. The van der Waals surface area contributed by atoms with Gasteiger partial charge in [0.1, 0.15) is 0 Å². The molecular weight excluding hydrogens is 423 g/mol. The molecule has 0 radical (unpaired) electrons. The number of nitrogens with zero attached hydrogens (tertiary/aromatic N) is 1. The first-order chi connectivity index (χ1) is 14.8. The maximum atomic E-state index is 14.2. The first-order valence-corrected chi connectivity index (χ1v) is 11.7. The molecule has 0 bridgehead atoms. The van der Waals surface area contributed by atoms with E-state index in [9.17, 15) is 22.4 Å². The van der Waals surface area contributed by atoms with Crippen molar-refractivity contribution < 1.29 is 27.1 Å². The molecule has 2 saturated carbocycles. The lowest BCUT2D eigenvalue weighted by Crippen LogP contribution is -2.45. The first-order valence-electron chi connectivity index (χ1n) is 10.3. The van der Waals surface area contributed by atoms with Gasteiger partial charge in [-0.3, -0.25) is 9.59 Å². The van der Waals surface area contributed by atoms with Crippen LogP contribution in [-0.4, -0.2) is 31.1 Å². The second kappa shape index (κ2) is 7.42. The van der Waals surface area contributed by atoms with Crippen molar-refractivity contribution in [2.24, 2.45) is 11.8 Å². The molecule has 162 valence electrons. The monoisotopic (exact) mass is 444 g/mol. The highest BCUT2D eigenvalue weighted by Gasteiger charge is 2.46. The third-order valence-corrected chi connectivity index (χ3v) is 7.22. The molecule has 5 rings (SSSR count). The van der Waals surface area contributed by atoms with E-state index in [1.807, 2.05) is 0 Å². The van der Waals surface area contributed by atoms with Gasteiger partial charge >= 0.3 is 10.2 Å². The van der Waals surface area contributed by atoms with Gasteiger partial charge in [0.05, 0.1) is 23.8 Å². The Morgan fingerprint density at radius 2 is 1.68 bits per heavy atom. The number of carbonyl (C=O) groups excluding carboxylic acids is 2. The van der Waals surface area contributed by atoms with Crippen LogP contribution in [-0.2, 0) is 10.2 Å². The topological polar surface area (TPSA) is 92.8 Å². The standard InChI is InChI=1S/C22H21FN2O5S/c23-18-10-9-15(11-19(18)30-12-13-5-6-13)20(14-7-8-14)24-31(28,29)25-21(26)16-3-1-2-4-17(16)22(25)27/h1-4,9-11,13-14,20,24H,5-8,12H2. The quantitative estimate of drug-likeness (QED) is 0.632. The minimum absolute atomic E-state index is 0.00768. The molecule has 3 aliphatic rings. The van der Waals surface area contributed by atoms with Crippen LogP contribution < -0.4 is 9.46 Å². The van der Waals surface area contributed by atoms with Crippen LogP contribution in [0.3, 0.4) is 0 Å². The first kappa shape index (κ1) is 20.1. The van der Waals surface area contributed by atoms with Gasteiger partial charge in [0.25, 0.3) is 11.8 Å². The van der Waals surface area contributed by atoms with E-state index in [4.69, 9.17) is 4.74 Å². The van der Waals surface area contributed by atoms with Gasteiger partial charge in [-0.15, -0.1) is 0 Å². The van der Waals surface area contributed by atoms with Crippen LogP contribution in [0.2, 0.25) is 0 Å². The number of halogens is 1. The molecular formula is C22H21FN2O5S. The number of benzene rings is 2. The van der Waals surface area contributed by atoms with E-state index >= 15 is 0 Å². The summed E-state index contributed by atoms with van der Waals surface area (Å²) in [6.45, 7) is 0.426. The minimum Gasteiger partial charge on any atom is -0.490 e. The minimum atomic E-state index is -4.47. The van der Waals surface area contributed by atoms with Crippen molar-refractivity contribution in [3.05, 3.63) is 65.0 Å². The van der Waals surface area contributed by atoms with Crippen LogP contribution in [0, 0.1) is 17.7 Å². The third-order valence-electron chi connectivity index (χ3n) is 5.85. The smallest absolute Gasteiger partial charge is 0.311 e. The van der Waals surface area contributed by atoms with Crippen LogP contribution in [0.4, 0.5) is 4.39 Å². The van der Waals surface area contributed by atoms with E-state index in [0.717, 1.165) is 25.7 Å². The summed E-state index contributed by atoms with van der Waals surface area (Å²) < 4.78 is 48.7. The SMILES string of the molecule is O=C1c2ccccc2C(=O)N1S(=O)(=O)NC(c1ccc(F)c(OCC2CC2)c1)C1CC1. The van der Waals surface area contributed by atoms with Gasteiger partial charge in [-0.25, -0.2) is 4.39 Å². The van der Waals surface area contributed by atoms with Crippen molar-refractivity contribution in [3.8, 4) is 5.75 Å². The normalized spacial score (nSPS) is 19.5. The molecule has 2 amide bonds. The molecule has 31 heavy (non-hydrogen) atoms. The summed E-state index contributed by atoms with van der Waals surface area (Å²) in [4.78, 5) is 25.3. The molecule has 0 saturated heterocycles. The summed E-state index contributed by atoms with van der Waals surface area (Å²) in [5.74, 6) is -1.76. The molecule has 2 aliphatic carbocycles. The number of nitrogens with one attached hydrogen (secondary N) is 1. The molecule has 9 heteroatoms. The number of hydrogen-bond acceptors (Lipinski definition) is 5. The van der Waals surface area contributed by atoms with Gasteiger partial charge in [-0.05, 0) is 67.3 Å². The Hall–Kier alpha value is -2.78. The lowest BCUT2D eigenvalue weighted by atomic mass is 10.0. The largest absolute Gasteiger partial charge is 0.490 e. The number of rotatable bonds is 8. The Morgan fingerprint density at radius 1 is 1.03 bits per heavy atom. The molecule has 0 aromatic heterocycles. The number of imide groups is 1. The third kappa shape index (κ3) is 3.83. The second-order valence-electron chi connectivity index (χ2n) is 8.30. The summed E-state index contributed by atoms with van der Waals surface area (Å²) in [5.41, 5.74) is 0.645. The van der Waals surface area contributed by atoms with Crippen molar-refractivity contribution in [3.63, 3.8) is 0 Å². The number of fused-ring (bicyclic) bond motifs is 1. The fourth-order valence-corrected chi connectivity index (χ4v) is 5.17. The lowest BCUT2D eigenvalue weighted by Gasteiger charge is -2.23. The summed E-state index contributed by atoms with van der Waals surface area (Å²) in [5, 5.41) is 0. The summed E-state index contributed by atoms with van der Waals surface area (Å²) in [6.07, 6.45) is 3.69. The molecule has 2 fully saturated rings. The second-order valence-corrected chi connectivity index (χ2v) is 9.85. The van der Waals surface area contributed by atoms with Crippen LogP contribution >= 0.6 is 0 Å². The molecule has 1 heterocycles. The van der Waals surface area contributed by atoms with Crippen molar-refractivity contribution >= 4 is 22.0 Å². The van der Waals surface area contributed by atoms with Gasteiger partial charge in [0, 0.05) is 0 Å². The molecule has 0 spiro atoms. The van der Waals surface area contributed by atoms with E-state index in [0.29, 0.717) is 18.1 Å². The Labute approximate surface area is 179 Å². The molecule has 1 unspecified atom stereocenters. The molecule has 1 atom stereocenters. The van der Waals surface area contributed by atoms with E-state index in [1.54, 1.807) is 12.1 Å². The Kier molecular flexibility index (Phi) is 4.82. The number of ether oxygens (including phenoxy) is 1. The van der Waals surface area contributed by atoms with E-state index in [-0.39, 0.29) is 27.1 Å². The van der Waals surface area contributed by atoms with Gasteiger partial charge in [-0.2, -0.15) is 17.4 Å². The molecule has 2 aromatic rings. The molecule has 7 nitrogen and oxygen atoms in total. The van der Waals surface area contributed by atoms with Crippen LogP contribution in [0.1, 0.15) is 58.0 Å².